The number of anilines is 2. The predicted octanol–water partition coefficient (Wildman–Crippen LogP) is 3.05. The third-order valence-electron chi connectivity index (χ3n) is 3.27. The van der Waals surface area contributed by atoms with E-state index in [4.69, 9.17) is 10.5 Å². The first-order valence-electron chi connectivity index (χ1n) is 6.50. The average Bonchev–Trinajstić information content (AvgIpc) is 2.72. The molecule has 1 aliphatic rings. The molecule has 3 nitrogen and oxygen atoms in total. The van der Waals surface area contributed by atoms with Crippen molar-refractivity contribution in [1.82, 2.24) is 0 Å². The third-order valence-corrected chi connectivity index (χ3v) is 3.27. The van der Waals surface area contributed by atoms with E-state index in [0.29, 0.717) is 6.04 Å². The van der Waals surface area contributed by atoms with Crippen molar-refractivity contribution in [3.63, 3.8) is 0 Å². The largest absolute Gasteiger partial charge is 0.493 e. The Hall–Kier alpha value is -1.38. The van der Waals surface area contributed by atoms with Gasteiger partial charge in [0.25, 0.3) is 0 Å². The van der Waals surface area contributed by atoms with Gasteiger partial charge in [0.2, 0.25) is 0 Å². The fourth-order valence-electron chi connectivity index (χ4n) is 2.39. The Morgan fingerprint density at radius 1 is 1.41 bits per heavy atom. The van der Waals surface area contributed by atoms with E-state index in [9.17, 15) is 0 Å². The number of hydrogen-bond acceptors (Lipinski definition) is 3. The first-order valence-corrected chi connectivity index (χ1v) is 6.50. The lowest BCUT2D eigenvalue weighted by Gasteiger charge is -2.24. The molecule has 1 saturated heterocycles. The molecule has 2 rings (SSSR count). The topological polar surface area (TPSA) is 38.5 Å². The summed E-state index contributed by atoms with van der Waals surface area (Å²) in [6, 6.07) is 6.66. The highest BCUT2D eigenvalue weighted by atomic mass is 16.5. The minimum Gasteiger partial charge on any atom is -0.493 e. The number of nitrogen functional groups attached to an aromatic ring is 1. The molecule has 0 aliphatic carbocycles. The molecule has 0 spiro atoms. The molecule has 1 aromatic carbocycles. The van der Waals surface area contributed by atoms with E-state index in [-0.39, 0.29) is 0 Å². The summed E-state index contributed by atoms with van der Waals surface area (Å²) in [5.74, 6) is 0.890. The Morgan fingerprint density at radius 2 is 2.24 bits per heavy atom. The Kier molecular flexibility index (Phi) is 3.77. The number of hydrogen-bond donors (Lipinski definition) is 1. The summed E-state index contributed by atoms with van der Waals surface area (Å²) >= 11 is 0. The van der Waals surface area contributed by atoms with Crippen molar-refractivity contribution in [3.8, 4) is 5.75 Å². The van der Waals surface area contributed by atoms with Gasteiger partial charge in [-0.3, -0.25) is 0 Å². The number of nitrogens with two attached hydrogens (primary N) is 1. The lowest BCUT2D eigenvalue weighted by atomic mass is 10.2. The van der Waals surface area contributed by atoms with E-state index in [1.807, 2.05) is 12.1 Å². The number of benzene rings is 1. The lowest BCUT2D eigenvalue weighted by molar-refractivity contribution is 0.317. The molecule has 1 atom stereocenters. The fourth-order valence-corrected chi connectivity index (χ4v) is 2.39. The maximum atomic E-state index is 5.94. The first kappa shape index (κ1) is 12.1. The minimum atomic E-state index is 0.607. The molecule has 0 radical (unpaired) electrons. The van der Waals surface area contributed by atoms with Gasteiger partial charge in [-0.05, 0) is 32.3 Å². The second-order valence-corrected chi connectivity index (χ2v) is 4.79. The molecule has 94 valence electrons. The maximum Gasteiger partial charge on any atom is 0.123 e. The molecule has 0 saturated carbocycles. The summed E-state index contributed by atoms with van der Waals surface area (Å²) in [4.78, 5) is 2.41. The zero-order valence-electron chi connectivity index (χ0n) is 10.8. The van der Waals surface area contributed by atoms with Gasteiger partial charge in [-0.25, -0.2) is 0 Å². The van der Waals surface area contributed by atoms with Crippen LogP contribution >= 0.6 is 0 Å². The van der Waals surface area contributed by atoms with E-state index in [1.165, 1.54) is 18.5 Å². The van der Waals surface area contributed by atoms with Crippen LogP contribution in [0.1, 0.15) is 33.1 Å². The summed E-state index contributed by atoms with van der Waals surface area (Å²) in [5.41, 5.74) is 7.92. The SMILES string of the molecule is CCCOc1cc(N)cc(N2CCCC2C)c1. The lowest BCUT2D eigenvalue weighted by Crippen LogP contribution is -2.26. The van der Waals surface area contributed by atoms with Crippen molar-refractivity contribution in [2.75, 3.05) is 23.8 Å². The van der Waals surface area contributed by atoms with Crippen LogP contribution in [0.25, 0.3) is 0 Å². The Labute approximate surface area is 104 Å². The van der Waals surface area contributed by atoms with Gasteiger partial charge in [-0.2, -0.15) is 0 Å². The molecule has 1 unspecified atom stereocenters. The van der Waals surface area contributed by atoms with Gasteiger partial charge in [-0.1, -0.05) is 6.92 Å². The zero-order chi connectivity index (χ0) is 12.3. The monoisotopic (exact) mass is 234 g/mol. The van der Waals surface area contributed by atoms with Gasteiger partial charge in [0.1, 0.15) is 5.75 Å². The van der Waals surface area contributed by atoms with E-state index >= 15 is 0 Å². The van der Waals surface area contributed by atoms with Gasteiger partial charge in [0.05, 0.1) is 6.61 Å². The molecule has 17 heavy (non-hydrogen) atoms. The Bertz CT molecular complexity index is 378. The van der Waals surface area contributed by atoms with Crippen molar-refractivity contribution in [3.05, 3.63) is 18.2 Å². The van der Waals surface area contributed by atoms with Crippen LogP contribution in [0.15, 0.2) is 18.2 Å². The Morgan fingerprint density at radius 3 is 2.88 bits per heavy atom. The zero-order valence-corrected chi connectivity index (χ0v) is 10.8. The molecular formula is C14H22N2O. The number of nitrogens with zero attached hydrogens (tertiary/aromatic N) is 1. The van der Waals surface area contributed by atoms with Gasteiger partial charge in [0, 0.05) is 36.1 Å². The molecule has 0 aromatic heterocycles. The van der Waals surface area contributed by atoms with Crippen LogP contribution in [0.3, 0.4) is 0 Å². The van der Waals surface area contributed by atoms with E-state index in [2.05, 4.69) is 24.8 Å². The summed E-state index contributed by atoms with van der Waals surface area (Å²) < 4.78 is 5.66. The molecule has 1 heterocycles. The second-order valence-electron chi connectivity index (χ2n) is 4.79. The highest BCUT2D eigenvalue weighted by Crippen LogP contribution is 2.30. The summed E-state index contributed by atoms with van der Waals surface area (Å²) in [7, 11) is 0. The highest BCUT2D eigenvalue weighted by molar-refractivity contribution is 5.61. The highest BCUT2D eigenvalue weighted by Gasteiger charge is 2.21. The second kappa shape index (κ2) is 5.30. The van der Waals surface area contributed by atoms with Gasteiger partial charge in [-0.15, -0.1) is 0 Å². The van der Waals surface area contributed by atoms with Crippen LogP contribution in [0.5, 0.6) is 5.75 Å². The number of rotatable bonds is 4. The molecule has 1 aromatic rings. The van der Waals surface area contributed by atoms with Gasteiger partial charge < -0.3 is 15.4 Å². The van der Waals surface area contributed by atoms with E-state index in [1.54, 1.807) is 0 Å². The van der Waals surface area contributed by atoms with Crippen molar-refractivity contribution in [1.29, 1.82) is 0 Å². The first-order chi connectivity index (χ1) is 8.20. The van der Waals surface area contributed by atoms with Crippen molar-refractivity contribution in [2.24, 2.45) is 0 Å². The molecule has 3 heteroatoms. The summed E-state index contributed by atoms with van der Waals surface area (Å²) in [6.07, 6.45) is 3.55. The van der Waals surface area contributed by atoms with Crippen LogP contribution in [0.4, 0.5) is 11.4 Å². The van der Waals surface area contributed by atoms with Crippen LogP contribution in [-0.2, 0) is 0 Å². The van der Waals surface area contributed by atoms with Crippen LogP contribution in [0.2, 0.25) is 0 Å². The van der Waals surface area contributed by atoms with E-state index < -0.39 is 0 Å². The smallest absolute Gasteiger partial charge is 0.123 e. The quantitative estimate of drug-likeness (QED) is 0.814. The maximum absolute atomic E-state index is 5.94. The molecule has 0 bridgehead atoms. The van der Waals surface area contributed by atoms with Gasteiger partial charge >= 0.3 is 0 Å². The molecule has 0 amide bonds. The van der Waals surface area contributed by atoms with Crippen molar-refractivity contribution < 1.29 is 4.74 Å². The van der Waals surface area contributed by atoms with Crippen molar-refractivity contribution >= 4 is 11.4 Å². The molecular weight excluding hydrogens is 212 g/mol. The summed E-state index contributed by atoms with van der Waals surface area (Å²) in [6.45, 7) is 6.24. The number of ether oxygens (including phenoxy) is 1. The minimum absolute atomic E-state index is 0.607. The molecule has 2 N–H and O–H groups in total. The third kappa shape index (κ3) is 2.84. The predicted molar refractivity (Wildman–Crippen MR) is 72.7 cm³/mol. The molecule has 1 fully saturated rings. The standard InChI is InChI=1S/C14H22N2O/c1-3-7-17-14-9-12(15)8-13(10-14)16-6-4-5-11(16)2/h8-11H,3-7,15H2,1-2H3. The summed E-state index contributed by atoms with van der Waals surface area (Å²) in [5, 5.41) is 0. The van der Waals surface area contributed by atoms with Crippen LogP contribution in [0, 0.1) is 0 Å². The van der Waals surface area contributed by atoms with Crippen LogP contribution in [-0.4, -0.2) is 19.2 Å². The molecule has 1 aliphatic heterocycles. The van der Waals surface area contributed by atoms with Crippen LogP contribution < -0.4 is 15.4 Å². The van der Waals surface area contributed by atoms with Gasteiger partial charge in [0.15, 0.2) is 0 Å². The Balaban J connectivity index is 2.18. The normalized spacial score (nSPS) is 19.6. The average molecular weight is 234 g/mol. The fraction of sp³-hybridized carbons (Fsp3) is 0.571. The van der Waals surface area contributed by atoms with Crippen molar-refractivity contribution in [2.45, 2.75) is 39.2 Å². The van der Waals surface area contributed by atoms with E-state index in [0.717, 1.165) is 31.0 Å².